The number of carbonyl (C=O) groups is 1. The molecule has 2 amide bonds. The first kappa shape index (κ1) is 15.1. The lowest BCUT2D eigenvalue weighted by atomic mass is 10.3. The van der Waals surface area contributed by atoms with Crippen molar-refractivity contribution in [2.75, 3.05) is 5.32 Å². The van der Waals surface area contributed by atoms with E-state index in [0.29, 0.717) is 12.6 Å². The molecule has 0 atom stereocenters. The van der Waals surface area contributed by atoms with E-state index in [2.05, 4.69) is 15.3 Å². The summed E-state index contributed by atoms with van der Waals surface area (Å²) in [5, 5.41) is 4.05. The van der Waals surface area contributed by atoms with Crippen molar-refractivity contribution in [3.8, 4) is 0 Å². The van der Waals surface area contributed by atoms with Gasteiger partial charge in [0, 0.05) is 17.9 Å². The summed E-state index contributed by atoms with van der Waals surface area (Å²) in [6.07, 6.45) is 3.89. The third-order valence-electron chi connectivity index (χ3n) is 4.05. The van der Waals surface area contributed by atoms with Gasteiger partial charge in [0.1, 0.15) is 0 Å². The Hall–Kier alpha value is -2.47. The lowest BCUT2D eigenvalue weighted by Gasteiger charge is -2.22. The minimum Gasteiger partial charge on any atom is -0.316 e. The molecule has 2 aromatic heterocycles. The van der Waals surface area contributed by atoms with Crippen molar-refractivity contribution in [2.24, 2.45) is 0 Å². The summed E-state index contributed by atoms with van der Waals surface area (Å²) < 4.78 is 1.09. The third-order valence-corrected chi connectivity index (χ3v) is 4.99. The number of fused-ring (bicyclic) bond motifs is 1. The lowest BCUT2D eigenvalue weighted by Crippen LogP contribution is -2.36. The number of aryl methyl sites for hydroxylation is 1. The Balaban J connectivity index is 1.51. The van der Waals surface area contributed by atoms with Gasteiger partial charge in [-0.25, -0.2) is 9.78 Å². The van der Waals surface area contributed by atoms with Gasteiger partial charge in [-0.3, -0.25) is 4.98 Å². The van der Waals surface area contributed by atoms with Crippen molar-refractivity contribution in [2.45, 2.75) is 32.4 Å². The van der Waals surface area contributed by atoms with E-state index in [1.807, 2.05) is 48.2 Å². The first-order chi connectivity index (χ1) is 11.7. The van der Waals surface area contributed by atoms with E-state index in [1.54, 1.807) is 17.5 Å². The van der Waals surface area contributed by atoms with Gasteiger partial charge in [0.25, 0.3) is 0 Å². The van der Waals surface area contributed by atoms with Gasteiger partial charge in [-0.15, -0.1) is 11.3 Å². The van der Waals surface area contributed by atoms with Gasteiger partial charge in [0.2, 0.25) is 0 Å². The third kappa shape index (κ3) is 3.23. The van der Waals surface area contributed by atoms with Crippen LogP contribution in [0.3, 0.4) is 0 Å². The largest absolute Gasteiger partial charge is 0.322 e. The van der Waals surface area contributed by atoms with Crippen LogP contribution >= 0.6 is 11.3 Å². The second-order valence-corrected chi connectivity index (χ2v) is 7.26. The van der Waals surface area contributed by atoms with Crippen molar-refractivity contribution in [3.63, 3.8) is 0 Å². The fourth-order valence-corrected chi connectivity index (χ4v) is 3.60. The Morgan fingerprint density at radius 1 is 1.33 bits per heavy atom. The van der Waals surface area contributed by atoms with Gasteiger partial charge in [0.05, 0.1) is 27.5 Å². The molecule has 0 radical (unpaired) electrons. The number of rotatable bonds is 4. The molecule has 122 valence electrons. The highest BCUT2D eigenvalue weighted by molar-refractivity contribution is 7.18. The molecule has 5 nitrogen and oxygen atoms in total. The Kier molecular flexibility index (Phi) is 3.90. The molecule has 0 spiro atoms. The maximum absolute atomic E-state index is 12.7. The zero-order valence-electron chi connectivity index (χ0n) is 13.4. The smallest absolute Gasteiger partial charge is 0.316 e. The summed E-state index contributed by atoms with van der Waals surface area (Å²) in [6.45, 7) is 2.53. The summed E-state index contributed by atoms with van der Waals surface area (Å²) >= 11 is 1.64. The highest BCUT2D eigenvalue weighted by Gasteiger charge is 2.32. The molecule has 6 heteroatoms. The zero-order valence-corrected chi connectivity index (χ0v) is 14.2. The fraction of sp³-hybridized carbons (Fsp3) is 0.278. The van der Waals surface area contributed by atoms with Crippen LogP contribution in [0.25, 0.3) is 10.2 Å². The van der Waals surface area contributed by atoms with Crippen LogP contribution in [0.5, 0.6) is 0 Å². The Morgan fingerprint density at radius 2 is 2.21 bits per heavy atom. The molecule has 0 unspecified atom stereocenters. The molecule has 1 fully saturated rings. The number of nitrogens with zero attached hydrogens (tertiary/aromatic N) is 3. The number of hydrogen-bond donors (Lipinski definition) is 1. The molecule has 1 aliphatic rings. The molecule has 2 heterocycles. The van der Waals surface area contributed by atoms with Gasteiger partial charge >= 0.3 is 6.03 Å². The first-order valence-corrected chi connectivity index (χ1v) is 8.85. The number of hydrogen-bond acceptors (Lipinski definition) is 4. The highest BCUT2D eigenvalue weighted by atomic mass is 32.1. The van der Waals surface area contributed by atoms with Crippen LogP contribution in [0, 0.1) is 6.92 Å². The molecule has 0 aliphatic heterocycles. The topological polar surface area (TPSA) is 58.1 Å². The summed E-state index contributed by atoms with van der Waals surface area (Å²) in [6, 6.07) is 11.9. The summed E-state index contributed by atoms with van der Waals surface area (Å²) in [5.74, 6) is 0. The van der Waals surface area contributed by atoms with Crippen LogP contribution in [0.15, 0.2) is 42.6 Å². The quantitative estimate of drug-likeness (QED) is 0.776. The van der Waals surface area contributed by atoms with E-state index in [-0.39, 0.29) is 6.03 Å². The summed E-state index contributed by atoms with van der Waals surface area (Å²) in [7, 11) is 0. The van der Waals surface area contributed by atoms with Gasteiger partial charge < -0.3 is 10.2 Å². The number of aromatic nitrogens is 2. The molecule has 1 aromatic carbocycles. The van der Waals surface area contributed by atoms with Crippen LogP contribution < -0.4 is 5.32 Å². The number of thiazole rings is 1. The number of anilines is 1. The lowest BCUT2D eigenvalue weighted by molar-refractivity contribution is 0.205. The van der Waals surface area contributed by atoms with Gasteiger partial charge in [0.15, 0.2) is 0 Å². The number of urea groups is 1. The van der Waals surface area contributed by atoms with E-state index in [1.165, 1.54) is 0 Å². The van der Waals surface area contributed by atoms with Crippen LogP contribution in [0.2, 0.25) is 0 Å². The second kappa shape index (κ2) is 6.20. The van der Waals surface area contributed by atoms with E-state index < -0.39 is 0 Å². The van der Waals surface area contributed by atoms with E-state index >= 15 is 0 Å². The van der Waals surface area contributed by atoms with Crippen molar-refractivity contribution < 1.29 is 4.79 Å². The molecule has 1 saturated carbocycles. The number of pyridine rings is 1. The van der Waals surface area contributed by atoms with Gasteiger partial charge in [-0.2, -0.15) is 0 Å². The Morgan fingerprint density at radius 3 is 2.96 bits per heavy atom. The number of carbonyl (C=O) groups excluding carboxylic acids is 1. The average molecular weight is 338 g/mol. The normalized spacial score (nSPS) is 13.9. The minimum absolute atomic E-state index is 0.0660. The van der Waals surface area contributed by atoms with Crippen LogP contribution in [-0.2, 0) is 6.54 Å². The molecule has 24 heavy (non-hydrogen) atoms. The molecule has 1 aliphatic carbocycles. The number of nitrogens with one attached hydrogen (secondary N) is 1. The van der Waals surface area contributed by atoms with Crippen LogP contribution in [0.1, 0.15) is 23.5 Å². The van der Waals surface area contributed by atoms with E-state index in [0.717, 1.165) is 39.4 Å². The second-order valence-electron chi connectivity index (χ2n) is 6.03. The Labute approximate surface area is 144 Å². The standard InChI is InChI=1S/C18H18N4OS/c1-12-20-16-8-5-13(10-17(16)24-12)21-18(23)22(15-6-7-15)11-14-4-2-3-9-19-14/h2-5,8-10,15H,6-7,11H2,1H3,(H,21,23). The number of amides is 2. The maximum Gasteiger partial charge on any atom is 0.322 e. The Bertz CT molecular complexity index is 873. The fourth-order valence-electron chi connectivity index (χ4n) is 2.73. The first-order valence-electron chi connectivity index (χ1n) is 8.04. The average Bonchev–Trinajstić information content (AvgIpc) is 3.34. The molecular weight excluding hydrogens is 320 g/mol. The van der Waals surface area contributed by atoms with E-state index in [9.17, 15) is 4.79 Å². The highest BCUT2D eigenvalue weighted by Crippen LogP contribution is 2.29. The molecule has 4 rings (SSSR count). The number of benzene rings is 1. The molecule has 1 N–H and O–H groups in total. The van der Waals surface area contributed by atoms with Crippen molar-refractivity contribution in [1.82, 2.24) is 14.9 Å². The molecular formula is C18H18N4OS. The van der Waals surface area contributed by atoms with Crippen molar-refractivity contribution in [3.05, 3.63) is 53.3 Å². The monoisotopic (exact) mass is 338 g/mol. The SMILES string of the molecule is Cc1nc2ccc(NC(=O)N(Cc3ccccn3)C3CC3)cc2s1. The van der Waals surface area contributed by atoms with Gasteiger partial charge in [-0.05, 0) is 50.1 Å². The van der Waals surface area contributed by atoms with Crippen LogP contribution in [-0.4, -0.2) is 26.9 Å². The maximum atomic E-state index is 12.7. The van der Waals surface area contributed by atoms with Gasteiger partial charge in [-0.1, -0.05) is 6.07 Å². The summed E-state index contributed by atoms with van der Waals surface area (Å²) in [5.41, 5.74) is 2.69. The van der Waals surface area contributed by atoms with Crippen LogP contribution in [0.4, 0.5) is 10.5 Å². The predicted molar refractivity (Wildman–Crippen MR) is 96.2 cm³/mol. The zero-order chi connectivity index (χ0) is 16.5. The van der Waals surface area contributed by atoms with Crippen molar-refractivity contribution in [1.29, 1.82) is 0 Å². The molecule has 0 bridgehead atoms. The predicted octanol–water partition coefficient (Wildman–Crippen LogP) is 4.20. The van der Waals surface area contributed by atoms with E-state index in [4.69, 9.17) is 0 Å². The minimum atomic E-state index is -0.0660. The molecule has 0 saturated heterocycles. The summed E-state index contributed by atoms with van der Waals surface area (Å²) in [4.78, 5) is 23.4. The van der Waals surface area contributed by atoms with Crippen molar-refractivity contribution >= 4 is 33.3 Å². The molecule has 3 aromatic rings.